The van der Waals surface area contributed by atoms with E-state index in [1.54, 1.807) is 0 Å². The van der Waals surface area contributed by atoms with Crippen molar-refractivity contribution >= 4 is 99.9 Å². The molecule has 0 fully saturated rings. The summed E-state index contributed by atoms with van der Waals surface area (Å²) in [5.41, 5.74) is 13.0. The molecule has 4 heterocycles. The Morgan fingerprint density at radius 3 is 2.11 bits per heavy atom. The molecule has 0 N–H and O–H groups in total. The SMILES string of the molecule is CC(C)(C)c1ccc2c(c1)B1c3sc4ccccc4c3N(c3ccccc3)c3cccc(c31)N2c1cccc2c1oc1ccccc12. The Bertz CT molecular complexity index is 2540. The predicted octanol–water partition coefficient (Wildman–Crippen LogP) is 10.2. The molecule has 0 unspecified atom stereocenters. The highest BCUT2D eigenvalue weighted by Crippen LogP contribution is 2.49. The smallest absolute Gasteiger partial charge is 0.264 e. The average Bonchev–Trinajstić information content (AvgIpc) is 3.67. The number of hydrogen-bond acceptors (Lipinski definition) is 4. The van der Waals surface area contributed by atoms with Crippen molar-refractivity contribution in [1.29, 1.82) is 0 Å². The van der Waals surface area contributed by atoms with Gasteiger partial charge in [0.05, 0.1) is 11.4 Å². The number of anilines is 6. The largest absolute Gasteiger partial charge is 0.454 e. The molecule has 2 aliphatic rings. The number of thiophene rings is 1. The van der Waals surface area contributed by atoms with E-state index in [4.69, 9.17) is 4.42 Å². The first-order chi connectivity index (χ1) is 23.0. The minimum Gasteiger partial charge on any atom is -0.454 e. The highest BCUT2D eigenvalue weighted by Gasteiger charge is 2.45. The first kappa shape index (κ1) is 26.9. The number of fused-ring (bicyclic) bond motifs is 9. The van der Waals surface area contributed by atoms with Crippen molar-refractivity contribution in [1.82, 2.24) is 0 Å². The van der Waals surface area contributed by atoms with E-state index in [1.165, 1.54) is 59.8 Å². The fraction of sp³-hybridized carbons (Fsp3) is 0.0952. The molecule has 0 radical (unpaired) electrons. The van der Waals surface area contributed by atoms with Crippen LogP contribution in [0.4, 0.5) is 34.1 Å². The van der Waals surface area contributed by atoms with E-state index < -0.39 is 0 Å². The summed E-state index contributed by atoms with van der Waals surface area (Å²) in [5.74, 6) is 0. The van der Waals surface area contributed by atoms with E-state index in [2.05, 4.69) is 158 Å². The van der Waals surface area contributed by atoms with Crippen LogP contribution in [0, 0.1) is 0 Å². The predicted molar refractivity (Wildman–Crippen MR) is 202 cm³/mol. The maximum Gasteiger partial charge on any atom is 0.264 e. The summed E-state index contributed by atoms with van der Waals surface area (Å²) in [6, 6.07) is 48.7. The molecule has 0 aliphatic carbocycles. The number of rotatable bonds is 2. The van der Waals surface area contributed by atoms with Crippen molar-refractivity contribution < 1.29 is 4.42 Å². The van der Waals surface area contributed by atoms with Crippen molar-refractivity contribution in [3.63, 3.8) is 0 Å². The summed E-state index contributed by atoms with van der Waals surface area (Å²) in [4.78, 5) is 4.96. The molecule has 8 aromatic rings. The van der Waals surface area contributed by atoms with Crippen LogP contribution >= 0.6 is 11.3 Å². The maximum absolute atomic E-state index is 6.68. The summed E-state index contributed by atoms with van der Waals surface area (Å²) in [6.45, 7) is 7.03. The third kappa shape index (κ3) is 3.75. The zero-order valence-electron chi connectivity index (χ0n) is 26.5. The Morgan fingerprint density at radius 2 is 1.28 bits per heavy atom. The van der Waals surface area contributed by atoms with Gasteiger partial charge in [-0.25, -0.2) is 0 Å². The van der Waals surface area contributed by atoms with Gasteiger partial charge in [0.2, 0.25) is 0 Å². The molecule has 0 atom stereocenters. The fourth-order valence-electron chi connectivity index (χ4n) is 7.85. The van der Waals surface area contributed by atoms with Crippen LogP contribution in [0.3, 0.4) is 0 Å². The quantitative estimate of drug-likeness (QED) is 0.179. The van der Waals surface area contributed by atoms with Crippen LogP contribution in [-0.4, -0.2) is 6.71 Å². The van der Waals surface area contributed by atoms with E-state index in [1.807, 2.05) is 17.4 Å². The third-order valence-corrected chi connectivity index (χ3v) is 11.2. The van der Waals surface area contributed by atoms with Crippen LogP contribution in [-0.2, 0) is 5.41 Å². The van der Waals surface area contributed by atoms with E-state index in [-0.39, 0.29) is 12.1 Å². The molecule has 2 aliphatic heterocycles. The zero-order valence-corrected chi connectivity index (χ0v) is 27.3. The van der Waals surface area contributed by atoms with Gasteiger partial charge < -0.3 is 14.2 Å². The number of nitrogens with zero attached hydrogens (tertiary/aromatic N) is 2. The second-order valence-electron chi connectivity index (χ2n) is 13.7. The molecule has 47 heavy (non-hydrogen) atoms. The van der Waals surface area contributed by atoms with Crippen LogP contribution in [0.25, 0.3) is 32.0 Å². The molecule has 224 valence electrons. The molecular formula is C42H31BN2OS. The van der Waals surface area contributed by atoms with E-state index >= 15 is 0 Å². The Morgan fingerprint density at radius 1 is 0.596 bits per heavy atom. The molecule has 0 spiro atoms. The lowest BCUT2D eigenvalue weighted by Gasteiger charge is -2.43. The van der Waals surface area contributed by atoms with Gasteiger partial charge >= 0.3 is 0 Å². The van der Waals surface area contributed by atoms with Crippen LogP contribution in [0.5, 0.6) is 0 Å². The lowest BCUT2D eigenvalue weighted by atomic mass is 9.36. The standard InChI is InChI=1S/C42H31BN2OS/c1-42(2,3)26-23-24-32-31(25-26)43-38-33(44(27-13-5-4-6-14-27)39-30-16-8-10-22-37(30)47-41(39)43)18-12-19-34(38)45(32)35-20-11-17-29-28-15-7-9-21-36(28)46-40(29)35/h4-25H,1-3H3. The highest BCUT2D eigenvalue weighted by atomic mass is 32.1. The van der Waals surface area contributed by atoms with Crippen molar-refractivity contribution in [2.45, 2.75) is 26.2 Å². The molecule has 2 aromatic heterocycles. The molecule has 0 saturated carbocycles. The topological polar surface area (TPSA) is 19.6 Å². The molecule has 0 amide bonds. The van der Waals surface area contributed by atoms with Crippen LogP contribution in [0.2, 0.25) is 0 Å². The maximum atomic E-state index is 6.68. The zero-order chi connectivity index (χ0) is 31.4. The summed E-state index contributed by atoms with van der Waals surface area (Å²) < 4.78 is 9.39. The second kappa shape index (κ2) is 9.63. The molecule has 3 nitrogen and oxygen atoms in total. The number of furan rings is 1. The van der Waals surface area contributed by atoms with Crippen LogP contribution < -0.4 is 25.5 Å². The number of benzene rings is 6. The third-order valence-electron chi connectivity index (χ3n) is 10.00. The number of hydrogen-bond donors (Lipinski definition) is 0. The minimum absolute atomic E-state index is 0.00609. The molecule has 0 saturated heterocycles. The Hall–Kier alpha value is -5.26. The fourth-order valence-corrected chi connectivity index (χ4v) is 9.17. The van der Waals surface area contributed by atoms with Gasteiger partial charge in [-0.2, -0.15) is 0 Å². The van der Waals surface area contributed by atoms with E-state index in [0.29, 0.717) is 0 Å². The summed E-state index contributed by atoms with van der Waals surface area (Å²) in [5, 5.41) is 3.58. The lowest BCUT2D eigenvalue weighted by Crippen LogP contribution is -2.60. The Balaban J connectivity index is 1.34. The van der Waals surface area contributed by atoms with Gasteiger partial charge in [-0.15, -0.1) is 11.3 Å². The van der Waals surface area contributed by atoms with Gasteiger partial charge in [0.15, 0.2) is 5.58 Å². The summed E-state index contributed by atoms with van der Waals surface area (Å²) in [7, 11) is 0. The van der Waals surface area contributed by atoms with E-state index in [0.717, 1.165) is 27.6 Å². The van der Waals surface area contributed by atoms with Gasteiger partial charge in [-0.3, -0.25) is 0 Å². The lowest BCUT2D eigenvalue weighted by molar-refractivity contribution is 0.591. The molecule has 0 bridgehead atoms. The first-order valence-electron chi connectivity index (χ1n) is 16.3. The molecule has 6 aromatic carbocycles. The average molecular weight is 623 g/mol. The van der Waals surface area contributed by atoms with Crippen LogP contribution in [0.1, 0.15) is 26.3 Å². The first-order valence-corrected chi connectivity index (χ1v) is 17.1. The summed E-state index contributed by atoms with van der Waals surface area (Å²) >= 11 is 1.94. The molecule has 10 rings (SSSR count). The van der Waals surface area contributed by atoms with Gasteiger partial charge in [0, 0.05) is 48.4 Å². The van der Waals surface area contributed by atoms with Crippen molar-refractivity contribution in [2.75, 3.05) is 9.80 Å². The molecule has 5 heteroatoms. The van der Waals surface area contributed by atoms with Crippen LogP contribution in [0.15, 0.2) is 138 Å². The Labute approximate surface area is 278 Å². The summed E-state index contributed by atoms with van der Waals surface area (Å²) in [6.07, 6.45) is 0. The van der Waals surface area contributed by atoms with Crippen molar-refractivity contribution in [3.05, 3.63) is 139 Å². The monoisotopic (exact) mass is 622 g/mol. The van der Waals surface area contributed by atoms with Gasteiger partial charge in [0.1, 0.15) is 5.58 Å². The number of para-hydroxylation sites is 3. The second-order valence-corrected chi connectivity index (χ2v) is 14.8. The molecular weight excluding hydrogens is 591 g/mol. The van der Waals surface area contributed by atoms with Gasteiger partial charge in [-0.05, 0) is 70.4 Å². The van der Waals surface area contributed by atoms with Gasteiger partial charge in [0.25, 0.3) is 6.71 Å². The van der Waals surface area contributed by atoms with Crippen molar-refractivity contribution in [3.8, 4) is 0 Å². The minimum atomic E-state index is 0.00609. The van der Waals surface area contributed by atoms with Crippen molar-refractivity contribution in [2.24, 2.45) is 0 Å². The highest BCUT2D eigenvalue weighted by molar-refractivity contribution is 7.33. The normalized spacial score (nSPS) is 13.7. The Kier molecular flexibility index (Phi) is 5.52. The van der Waals surface area contributed by atoms with E-state index in [9.17, 15) is 0 Å². The van der Waals surface area contributed by atoms with Gasteiger partial charge in [-0.1, -0.05) is 106 Å².